The van der Waals surface area contributed by atoms with Gasteiger partial charge in [-0.25, -0.2) is 4.79 Å². The number of rotatable bonds is 11. The molecule has 11 heteroatoms. The molecule has 0 saturated carbocycles. The van der Waals surface area contributed by atoms with Gasteiger partial charge in [-0.05, 0) is 25.0 Å². The number of carboxylic acid groups (broad SMARTS) is 1. The van der Waals surface area contributed by atoms with E-state index in [0.29, 0.717) is 5.56 Å². The van der Waals surface area contributed by atoms with Gasteiger partial charge in [0.15, 0.2) is 6.04 Å². The van der Waals surface area contributed by atoms with E-state index < -0.39 is 47.9 Å². The lowest BCUT2D eigenvalue weighted by Crippen LogP contribution is -2.57. The van der Waals surface area contributed by atoms with E-state index in [-0.39, 0.29) is 19.3 Å². The number of aliphatic hydroxyl groups excluding tert-OH is 1. The van der Waals surface area contributed by atoms with Crippen LogP contribution in [0.15, 0.2) is 30.5 Å². The number of para-hydroxylation sites is 1. The Morgan fingerprint density at radius 2 is 1.81 bits per heavy atom. The number of carbonyl (C=O) groups is 4. The van der Waals surface area contributed by atoms with Crippen LogP contribution in [0.4, 0.5) is 0 Å². The van der Waals surface area contributed by atoms with Gasteiger partial charge < -0.3 is 37.3 Å². The van der Waals surface area contributed by atoms with Crippen molar-refractivity contribution in [3.05, 3.63) is 36.0 Å². The summed E-state index contributed by atoms with van der Waals surface area (Å²) in [6.45, 7) is 1.23. The van der Waals surface area contributed by atoms with Gasteiger partial charge in [-0.2, -0.15) is 0 Å². The molecule has 0 aliphatic carbocycles. The summed E-state index contributed by atoms with van der Waals surface area (Å²) in [4.78, 5) is 50.6. The SMILES string of the molecule is C[C@@H](O)[C@H](NC(=O)[C@H](Cc1c[nH]c2ccccc12)NC(=O)[C@@H](N)CCC(N)=O)C(=O)O. The first-order valence-corrected chi connectivity index (χ1v) is 9.70. The minimum absolute atomic E-state index is 0.00594. The number of hydrogen-bond acceptors (Lipinski definition) is 6. The van der Waals surface area contributed by atoms with Crippen LogP contribution in [0, 0.1) is 0 Å². The first-order chi connectivity index (χ1) is 14.6. The molecule has 0 spiro atoms. The number of H-pyrrole nitrogens is 1. The summed E-state index contributed by atoms with van der Waals surface area (Å²) in [5.41, 5.74) is 12.4. The zero-order valence-electron chi connectivity index (χ0n) is 17.0. The van der Waals surface area contributed by atoms with Gasteiger partial charge in [0.1, 0.15) is 6.04 Å². The molecule has 0 unspecified atom stereocenters. The molecule has 31 heavy (non-hydrogen) atoms. The number of amides is 3. The average Bonchev–Trinajstić information content (AvgIpc) is 3.11. The number of aliphatic carboxylic acids is 1. The molecule has 0 saturated heterocycles. The van der Waals surface area contributed by atoms with Crippen LogP contribution in [-0.4, -0.2) is 63.1 Å². The van der Waals surface area contributed by atoms with Crippen molar-refractivity contribution in [2.75, 3.05) is 0 Å². The largest absolute Gasteiger partial charge is 0.480 e. The van der Waals surface area contributed by atoms with Crippen LogP contribution in [0.3, 0.4) is 0 Å². The van der Waals surface area contributed by atoms with Crippen molar-refractivity contribution in [2.24, 2.45) is 11.5 Å². The third kappa shape index (κ3) is 6.52. The highest BCUT2D eigenvalue weighted by Crippen LogP contribution is 2.19. The van der Waals surface area contributed by atoms with Crippen LogP contribution >= 0.6 is 0 Å². The van der Waals surface area contributed by atoms with Crippen molar-refractivity contribution in [1.29, 1.82) is 0 Å². The van der Waals surface area contributed by atoms with Gasteiger partial charge in [0, 0.05) is 29.9 Å². The second-order valence-electron chi connectivity index (χ2n) is 7.30. The van der Waals surface area contributed by atoms with Crippen molar-refractivity contribution in [1.82, 2.24) is 15.6 Å². The highest BCUT2D eigenvalue weighted by atomic mass is 16.4. The van der Waals surface area contributed by atoms with E-state index in [2.05, 4.69) is 15.6 Å². The van der Waals surface area contributed by atoms with Crippen molar-refractivity contribution in [3.63, 3.8) is 0 Å². The molecular weight excluding hydrogens is 406 g/mol. The molecule has 0 bridgehead atoms. The Balaban J connectivity index is 2.23. The van der Waals surface area contributed by atoms with E-state index >= 15 is 0 Å². The molecule has 0 aliphatic rings. The van der Waals surface area contributed by atoms with Gasteiger partial charge in [0.25, 0.3) is 0 Å². The topological polar surface area (TPSA) is 201 Å². The number of hydrogen-bond donors (Lipinski definition) is 7. The molecule has 0 radical (unpaired) electrons. The second kappa shape index (κ2) is 10.5. The molecular formula is C20H27N5O6. The number of nitrogens with one attached hydrogen (secondary N) is 3. The molecule has 0 fully saturated rings. The fraction of sp³-hybridized carbons (Fsp3) is 0.400. The predicted molar refractivity (Wildman–Crippen MR) is 112 cm³/mol. The van der Waals surface area contributed by atoms with Crippen molar-refractivity contribution < 1.29 is 29.4 Å². The molecule has 3 amide bonds. The summed E-state index contributed by atoms with van der Waals surface area (Å²) in [7, 11) is 0. The molecule has 168 valence electrons. The van der Waals surface area contributed by atoms with E-state index in [9.17, 15) is 29.4 Å². The normalized spacial score (nSPS) is 14.9. The highest BCUT2D eigenvalue weighted by Gasteiger charge is 2.31. The third-order valence-electron chi connectivity index (χ3n) is 4.82. The molecule has 1 aromatic heterocycles. The van der Waals surface area contributed by atoms with Crippen molar-refractivity contribution in [2.45, 2.75) is 50.4 Å². The number of carbonyl (C=O) groups excluding carboxylic acids is 3. The number of primary amides is 1. The zero-order valence-corrected chi connectivity index (χ0v) is 17.0. The second-order valence-corrected chi connectivity index (χ2v) is 7.30. The van der Waals surface area contributed by atoms with Gasteiger partial charge in [0.05, 0.1) is 12.1 Å². The van der Waals surface area contributed by atoms with Crippen LogP contribution in [0.25, 0.3) is 10.9 Å². The summed E-state index contributed by atoms with van der Waals surface area (Å²) < 4.78 is 0. The molecule has 2 aromatic rings. The van der Waals surface area contributed by atoms with Gasteiger partial charge in [-0.1, -0.05) is 18.2 Å². The minimum atomic E-state index is -1.56. The number of carboxylic acids is 1. The molecule has 1 aromatic carbocycles. The van der Waals surface area contributed by atoms with E-state index in [1.165, 1.54) is 6.92 Å². The average molecular weight is 433 g/mol. The minimum Gasteiger partial charge on any atom is -0.480 e. The summed E-state index contributed by atoms with van der Waals surface area (Å²) in [6.07, 6.45) is 0.262. The smallest absolute Gasteiger partial charge is 0.328 e. The molecule has 0 aliphatic heterocycles. The molecule has 11 nitrogen and oxygen atoms in total. The summed E-state index contributed by atoms with van der Waals surface area (Å²) >= 11 is 0. The number of nitrogens with two attached hydrogens (primary N) is 2. The predicted octanol–water partition coefficient (Wildman–Crippen LogP) is -1.26. The van der Waals surface area contributed by atoms with Gasteiger partial charge >= 0.3 is 5.97 Å². The van der Waals surface area contributed by atoms with Crippen molar-refractivity contribution >= 4 is 34.6 Å². The van der Waals surface area contributed by atoms with Gasteiger partial charge in [-0.15, -0.1) is 0 Å². The highest BCUT2D eigenvalue weighted by molar-refractivity contribution is 5.93. The van der Waals surface area contributed by atoms with Crippen LogP contribution in [-0.2, 0) is 25.6 Å². The Hall–Kier alpha value is -3.44. The Labute approximate surface area is 178 Å². The maximum absolute atomic E-state index is 12.8. The Morgan fingerprint density at radius 3 is 2.42 bits per heavy atom. The fourth-order valence-corrected chi connectivity index (χ4v) is 3.08. The first-order valence-electron chi connectivity index (χ1n) is 9.70. The van der Waals surface area contributed by atoms with E-state index in [1.54, 1.807) is 6.20 Å². The maximum atomic E-state index is 12.8. The lowest BCUT2D eigenvalue weighted by Gasteiger charge is -2.24. The molecule has 2 rings (SSSR count). The van der Waals surface area contributed by atoms with Crippen LogP contribution < -0.4 is 22.1 Å². The quantitative estimate of drug-likeness (QED) is 0.229. The molecule has 9 N–H and O–H groups in total. The summed E-state index contributed by atoms with van der Waals surface area (Å²) in [6, 6.07) is 3.53. The Morgan fingerprint density at radius 1 is 1.13 bits per heavy atom. The molecule has 1 heterocycles. The van der Waals surface area contributed by atoms with Crippen LogP contribution in [0.2, 0.25) is 0 Å². The number of aromatic amines is 1. The number of fused-ring (bicyclic) bond motifs is 1. The van der Waals surface area contributed by atoms with E-state index in [1.807, 2.05) is 24.3 Å². The van der Waals surface area contributed by atoms with E-state index in [0.717, 1.165) is 10.9 Å². The Kier molecular flexibility index (Phi) is 8.11. The number of aromatic nitrogens is 1. The summed E-state index contributed by atoms with van der Waals surface area (Å²) in [5.74, 6) is -3.52. The maximum Gasteiger partial charge on any atom is 0.328 e. The summed E-state index contributed by atoms with van der Waals surface area (Å²) in [5, 5.41) is 24.5. The van der Waals surface area contributed by atoms with Crippen LogP contribution in [0.1, 0.15) is 25.3 Å². The molecule has 4 atom stereocenters. The number of benzene rings is 1. The zero-order chi connectivity index (χ0) is 23.1. The monoisotopic (exact) mass is 433 g/mol. The number of aliphatic hydroxyl groups is 1. The van der Waals surface area contributed by atoms with Crippen molar-refractivity contribution in [3.8, 4) is 0 Å². The third-order valence-corrected chi connectivity index (χ3v) is 4.82. The van der Waals surface area contributed by atoms with Crippen LogP contribution in [0.5, 0.6) is 0 Å². The standard InChI is InChI=1S/C20H27N5O6/c1-10(26)17(20(30)31)25-19(29)15(24-18(28)13(21)6-7-16(22)27)8-11-9-23-14-5-3-2-4-12(11)14/h2-5,9-10,13,15,17,23,26H,6-8,21H2,1H3,(H2,22,27)(H,24,28)(H,25,29)(H,30,31)/t10-,13+,15+,17+/m1/s1. The Bertz CT molecular complexity index is 956. The lowest BCUT2D eigenvalue weighted by molar-refractivity contribution is -0.145. The first kappa shape index (κ1) is 23.8. The van der Waals surface area contributed by atoms with E-state index in [4.69, 9.17) is 11.5 Å². The lowest BCUT2D eigenvalue weighted by atomic mass is 10.0. The van der Waals surface area contributed by atoms with Gasteiger partial charge in [-0.3, -0.25) is 14.4 Å². The fourth-order valence-electron chi connectivity index (χ4n) is 3.08. The van der Waals surface area contributed by atoms with Gasteiger partial charge in [0.2, 0.25) is 17.7 Å².